The lowest BCUT2D eigenvalue weighted by Gasteiger charge is -2.14. The van der Waals surface area contributed by atoms with Crippen LogP contribution in [-0.2, 0) is 6.54 Å². The minimum atomic E-state index is 0.753. The molecule has 0 aliphatic carbocycles. The summed E-state index contributed by atoms with van der Waals surface area (Å²) < 4.78 is 7.93. The molecule has 19 heavy (non-hydrogen) atoms. The molecule has 0 saturated carbocycles. The van der Waals surface area contributed by atoms with Gasteiger partial charge in [-0.25, -0.2) is 0 Å². The molecule has 0 heterocycles. The summed E-state index contributed by atoms with van der Waals surface area (Å²) >= 11 is 7.12. The zero-order chi connectivity index (χ0) is 14.1. The highest BCUT2D eigenvalue weighted by molar-refractivity contribution is 9.11. The van der Waals surface area contributed by atoms with Crippen molar-refractivity contribution in [1.29, 1.82) is 0 Å². The van der Waals surface area contributed by atoms with Crippen LogP contribution in [0.4, 0.5) is 0 Å². The maximum Gasteiger partial charge on any atom is 0.138 e. The number of halogens is 2. The van der Waals surface area contributed by atoms with Gasteiger partial charge in [-0.2, -0.15) is 0 Å². The predicted octanol–water partition coefficient (Wildman–Crippen LogP) is 5.28. The summed E-state index contributed by atoms with van der Waals surface area (Å²) in [5.74, 6) is 0.966. The van der Waals surface area contributed by atoms with Crippen LogP contribution in [0.15, 0.2) is 21.1 Å². The smallest absolute Gasteiger partial charge is 0.138 e. The summed E-state index contributed by atoms with van der Waals surface area (Å²) in [6.07, 6.45) is 4.80. The number of ether oxygens (including phenoxy) is 1. The summed E-state index contributed by atoms with van der Waals surface area (Å²) in [5.41, 5.74) is 1.20. The standard InChI is InChI=1S/C15H23Br2NO/c1-3-5-6-7-18-11-12-9-13(16)10-14(17)15(12)19-8-4-2/h9-10,18H,3-8,11H2,1-2H3. The molecule has 0 fully saturated rings. The van der Waals surface area contributed by atoms with Crippen molar-refractivity contribution in [3.8, 4) is 5.75 Å². The normalized spacial score (nSPS) is 10.7. The van der Waals surface area contributed by atoms with Crippen molar-refractivity contribution in [2.45, 2.75) is 46.1 Å². The average molecular weight is 393 g/mol. The molecule has 0 aromatic heterocycles. The second kappa shape index (κ2) is 9.78. The van der Waals surface area contributed by atoms with E-state index in [1.54, 1.807) is 0 Å². The highest BCUT2D eigenvalue weighted by Gasteiger charge is 2.09. The van der Waals surface area contributed by atoms with Gasteiger partial charge >= 0.3 is 0 Å². The molecule has 0 saturated heterocycles. The van der Waals surface area contributed by atoms with Crippen LogP contribution < -0.4 is 10.1 Å². The molecule has 1 rings (SSSR count). The van der Waals surface area contributed by atoms with E-state index in [-0.39, 0.29) is 0 Å². The maximum absolute atomic E-state index is 5.84. The minimum Gasteiger partial charge on any atom is -0.492 e. The van der Waals surface area contributed by atoms with Crippen molar-refractivity contribution >= 4 is 31.9 Å². The van der Waals surface area contributed by atoms with E-state index >= 15 is 0 Å². The zero-order valence-electron chi connectivity index (χ0n) is 11.8. The fourth-order valence-electron chi connectivity index (χ4n) is 1.83. The molecule has 0 amide bonds. The van der Waals surface area contributed by atoms with Gasteiger partial charge in [-0.05, 0) is 47.4 Å². The van der Waals surface area contributed by atoms with Crippen LogP contribution in [0.25, 0.3) is 0 Å². The Morgan fingerprint density at radius 1 is 1.11 bits per heavy atom. The first-order chi connectivity index (χ1) is 9.19. The maximum atomic E-state index is 5.84. The molecule has 0 unspecified atom stereocenters. The summed E-state index contributed by atoms with van der Waals surface area (Å²) in [6.45, 7) is 7.01. The first-order valence-electron chi connectivity index (χ1n) is 7.00. The third-order valence-electron chi connectivity index (χ3n) is 2.81. The van der Waals surface area contributed by atoms with Gasteiger partial charge < -0.3 is 10.1 Å². The van der Waals surface area contributed by atoms with Gasteiger partial charge in [0, 0.05) is 16.6 Å². The van der Waals surface area contributed by atoms with Gasteiger partial charge in [-0.15, -0.1) is 0 Å². The summed E-state index contributed by atoms with van der Waals surface area (Å²) in [7, 11) is 0. The fraction of sp³-hybridized carbons (Fsp3) is 0.600. The first kappa shape index (κ1) is 17.0. The minimum absolute atomic E-state index is 0.753. The van der Waals surface area contributed by atoms with Gasteiger partial charge in [0.15, 0.2) is 0 Å². The molecule has 108 valence electrons. The van der Waals surface area contributed by atoms with Crippen LogP contribution in [0.1, 0.15) is 45.1 Å². The number of benzene rings is 1. The molecule has 0 aliphatic heterocycles. The molecule has 0 radical (unpaired) electrons. The number of nitrogens with one attached hydrogen (secondary N) is 1. The van der Waals surface area contributed by atoms with Gasteiger partial charge in [-0.1, -0.05) is 42.6 Å². The average Bonchev–Trinajstić information content (AvgIpc) is 2.37. The van der Waals surface area contributed by atoms with Gasteiger partial charge in [0.05, 0.1) is 11.1 Å². The van der Waals surface area contributed by atoms with Crippen LogP contribution in [0.3, 0.4) is 0 Å². The zero-order valence-corrected chi connectivity index (χ0v) is 14.9. The van der Waals surface area contributed by atoms with Crippen LogP contribution >= 0.6 is 31.9 Å². The Hall–Kier alpha value is -0.0600. The number of rotatable bonds is 9. The molecule has 4 heteroatoms. The molecule has 0 atom stereocenters. The SMILES string of the molecule is CCCCCNCc1cc(Br)cc(Br)c1OCCC. The molecule has 0 spiro atoms. The molecule has 2 nitrogen and oxygen atoms in total. The predicted molar refractivity (Wildman–Crippen MR) is 88.9 cm³/mol. The molecule has 0 aliphatic rings. The van der Waals surface area contributed by atoms with E-state index in [2.05, 4.69) is 57.1 Å². The highest BCUT2D eigenvalue weighted by Crippen LogP contribution is 2.33. The van der Waals surface area contributed by atoms with Gasteiger partial charge in [0.1, 0.15) is 5.75 Å². The molecule has 1 N–H and O–H groups in total. The van der Waals surface area contributed by atoms with E-state index in [0.29, 0.717) is 0 Å². The third-order valence-corrected chi connectivity index (χ3v) is 3.86. The number of hydrogen-bond acceptors (Lipinski definition) is 2. The molecule has 1 aromatic rings. The van der Waals surface area contributed by atoms with Crippen molar-refractivity contribution < 1.29 is 4.74 Å². The van der Waals surface area contributed by atoms with Crippen LogP contribution in [0.5, 0.6) is 5.75 Å². The quantitative estimate of drug-likeness (QED) is 0.577. The van der Waals surface area contributed by atoms with Crippen LogP contribution in [0.2, 0.25) is 0 Å². The van der Waals surface area contributed by atoms with Crippen molar-refractivity contribution in [2.75, 3.05) is 13.2 Å². The van der Waals surface area contributed by atoms with Gasteiger partial charge in [-0.3, -0.25) is 0 Å². The number of unbranched alkanes of at least 4 members (excludes halogenated alkanes) is 2. The molecular formula is C15H23Br2NO. The lowest BCUT2D eigenvalue weighted by atomic mass is 10.2. The monoisotopic (exact) mass is 391 g/mol. The van der Waals surface area contributed by atoms with E-state index in [1.165, 1.54) is 24.8 Å². The van der Waals surface area contributed by atoms with Crippen LogP contribution in [-0.4, -0.2) is 13.2 Å². The molecular weight excluding hydrogens is 370 g/mol. The Morgan fingerprint density at radius 2 is 1.89 bits per heavy atom. The Balaban J connectivity index is 2.62. The van der Waals surface area contributed by atoms with Gasteiger partial charge in [0.25, 0.3) is 0 Å². The second-order valence-corrected chi connectivity index (χ2v) is 6.38. The largest absolute Gasteiger partial charge is 0.492 e. The molecule has 0 bridgehead atoms. The van der Waals surface area contributed by atoms with E-state index in [9.17, 15) is 0 Å². The summed E-state index contributed by atoms with van der Waals surface area (Å²) in [5, 5.41) is 3.49. The Bertz CT molecular complexity index is 383. The Morgan fingerprint density at radius 3 is 2.58 bits per heavy atom. The first-order valence-corrected chi connectivity index (χ1v) is 8.59. The second-order valence-electron chi connectivity index (χ2n) is 4.61. The Kier molecular flexibility index (Phi) is 8.75. The van der Waals surface area contributed by atoms with Gasteiger partial charge in [0.2, 0.25) is 0 Å². The third kappa shape index (κ3) is 6.28. The van der Waals surface area contributed by atoms with Crippen LogP contribution in [0, 0.1) is 0 Å². The van der Waals surface area contributed by atoms with Crippen molar-refractivity contribution in [1.82, 2.24) is 5.32 Å². The van der Waals surface area contributed by atoms with E-state index in [0.717, 1.165) is 40.8 Å². The molecule has 1 aromatic carbocycles. The van der Waals surface area contributed by atoms with E-state index in [4.69, 9.17) is 4.74 Å². The lowest BCUT2D eigenvalue weighted by Crippen LogP contribution is -2.15. The van der Waals surface area contributed by atoms with Crippen molar-refractivity contribution in [3.05, 3.63) is 26.6 Å². The topological polar surface area (TPSA) is 21.3 Å². The fourth-order valence-corrected chi connectivity index (χ4v) is 3.26. The highest BCUT2D eigenvalue weighted by atomic mass is 79.9. The van der Waals surface area contributed by atoms with E-state index < -0.39 is 0 Å². The van der Waals surface area contributed by atoms with Crippen molar-refractivity contribution in [2.24, 2.45) is 0 Å². The van der Waals surface area contributed by atoms with E-state index in [1.807, 2.05) is 6.07 Å². The lowest BCUT2D eigenvalue weighted by molar-refractivity contribution is 0.311. The number of hydrogen-bond donors (Lipinski definition) is 1. The van der Waals surface area contributed by atoms with Crippen molar-refractivity contribution in [3.63, 3.8) is 0 Å². The Labute approximate surface area is 133 Å². The summed E-state index contributed by atoms with van der Waals surface area (Å²) in [4.78, 5) is 0. The summed E-state index contributed by atoms with van der Waals surface area (Å²) in [6, 6.07) is 4.16.